The maximum atomic E-state index is 6.31. The van der Waals surface area contributed by atoms with E-state index < -0.39 is 6.17 Å². The first-order valence-electron chi connectivity index (χ1n) is 13.9. The van der Waals surface area contributed by atoms with Crippen molar-refractivity contribution in [2.45, 2.75) is 6.17 Å². The first-order chi connectivity index (χ1) is 20.8. The second-order valence-electron chi connectivity index (χ2n) is 10.5. The molecular weight excluding hydrogens is 520 g/mol. The van der Waals surface area contributed by atoms with Gasteiger partial charge in [0.2, 0.25) is 0 Å². The molecule has 0 fully saturated rings. The highest BCUT2D eigenvalue weighted by Gasteiger charge is 2.25. The highest BCUT2D eigenvalue weighted by Crippen LogP contribution is 2.36. The van der Waals surface area contributed by atoms with Gasteiger partial charge in [-0.2, -0.15) is 0 Å². The molecule has 0 saturated carbocycles. The lowest BCUT2D eigenvalue weighted by atomic mass is 10.0. The molecule has 198 valence electrons. The van der Waals surface area contributed by atoms with Gasteiger partial charge in [0.05, 0.1) is 10.9 Å². The van der Waals surface area contributed by atoms with Gasteiger partial charge in [-0.3, -0.25) is 0 Å². The number of benzene rings is 5. The van der Waals surface area contributed by atoms with Crippen molar-refractivity contribution in [3.63, 3.8) is 0 Å². The van der Waals surface area contributed by atoms with Gasteiger partial charge in [0.1, 0.15) is 34.3 Å². The quantitative estimate of drug-likeness (QED) is 0.243. The summed E-state index contributed by atoms with van der Waals surface area (Å²) >= 11 is 0. The standard InChI is InChI=1S/C36H22N4O2/c1-2-9-21(10-3-1)34-38-35(23-17-18-25-24-12-5-7-15-28(24)41-30(25)20-23)40-36(39-34)26-13-8-16-29-32(26)33-31(42-29)19-22-11-4-6-14-27(22)37-33/h1-20,36H,(H,38,39,40). The van der Waals surface area contributed by atoms with Crippen LogP contribution in [0.1, 0.15) is 22.9 Å². The summed E-state index contributed by atoms with van der Waals surface area (Å²) in [6, 6.07) is 40.6. The third kappa shape index (κ3) is 3.55. The largest absolute Gasteiger partial charge is 0.456 e. The van der Waals surface area contributed by atoms with Crippen molar-refractivity contribution in [2.75, 3.05) is 0 Å². The van der Waals surface area contributed by atoms with Crippen LogP contribution in [0.3, 0.4) is 0 Å². The molecular formula is C36H22N4O2. The Hall–Kier alpha value is -5.75. The number of furan rings is 2. The van der Waals surface area contributed by atoms with E-state index >= 15 is 0 Å². The summed E-state index contributed by atoms with van der Waals surface area (Å²) in [7, 11) is 0. The number of rotatable bonds is 3. The summed E-state index contributed by atoms with van der Waals surface area (Å²) in [5, 5.41) is 7.75. The number of aliphatic imine (C=N–C) groups is 2. The second-order valence-corrected chi connectivity index (χ2v) is 10.5. The number of aromatic nitrogens is 1. The van der Waals surface area contributed by atoms with E-state index in [4.69, 9.17) is 23.8 Å². The van der Waals surface area contributed by atoms with E-state index in [1.807, 2.05) is 72.8 Å². The molecule has 1 unspecified atom stereocenters. The van der Waals surface area contributed by atoms with Gasteiger partial charge in [0, 0.05) is 32.8 Å². The number of hydrogen-bond acceptors (Lipinski definition) is 6. The fourth-order valence-corrected chi connectivity index (χ4v) is 5.93. The Labute approximate surface area is 239 Å². The van der Waals surface area contributed by atoms with Crippen molar-refractivity contribution >= 4 is 66.6 Å². The molecule has 0 aliphatic carbocycles. The molecule has 3 aromatic heterocycles. The summed E-state index contributed by atoms with van der Waals surface area (Å²) in [6.07, 6.45) is -0.420. The zero-order chi connectivity index (χ0) is 27.6. The van der Waals surface area contributed by atoms with Crippen molar-refractivity contribution in [1.82, 2.24) is 10.3 Å². The van der Waals surface area contributed by atoms with Gasteiger partial charge >= 0.3 is 0 Å². The molecule has 0 bridgehead atoms. The van der Waals surface area contributed by atoms with Crippen LogP contribution < -0.4 is 5.32 Å². The lowest BCUT2D eigenvalue weighted by Crippen LogP contribution is -2.33. The van der Waals surface area contributed by atoms with Gasteiger partial charge in [-0.15, -0.1) is 0 Å². The lowest BCUT2D eigenvalue weighted by Gasteiger charge is -2.24. The first kappa shape index (κ1) is 23.0. The molecule has 8 aromatic rings. The molecule has 6 heteroatoms. The van der Waals surface area contributed by atoms with Crippen LogP contribution in [0.15, 0.2) is 140 Å². The average molecular weight is 543 g/mol. The van der Waals surface area contributed by atoms with E-state index in [9.17, 15) is 0 Å². The summed E-state index contributed by atoms with van der Waals surface area (Å²) < 4.78 is 12.5. The van der Waals surface area contributed by atoms with Gasteiger partial charge in [-0.25, -0.2) is 15.0 Å². The maximum absolute atomic E-state index is 6.31. The normalized spacial score (nSPS) is 15.4. The van der Waals surface area contributed by atoms with Gasteiger partial charge in [0.15, 0.2) is 11.4 Å². The van der Waals surface area contributed by atoms with Crippen LogP contribution in [0.2, 0.25) is 0 Å². The van der Waals surface area contributed by atoms with Crippen LogP contribution in [0.4, 0.5) is 0 Å². The third-order valence-electron chi connectivity index (χ3n) is 7.93. The molecule has 4 heterocycles. The van der Waals surface area contributed by atoms with Crippen molar-refractivity contribution < 1.29 is 8.83 Å². The first-order valence-corrected chi connectivity index (χ1v) is 13.9. The number of fused-ring (bicyclic) bond motifs is 7. The fourth-order valence-electron chi connectivity index (χ4n) is 5.93. The number of nitrogens with zero attached hydrogens (tertiary/aromatic N) is 3. The molecule has 6 nitrogen and oxygen atoms in total. The number of pyridine rings is 1. The molecule has 0 saturated heterocycles. The molecule has 1 atom stereocenters. The van der Waals surface area contributed by atoms with Gasteiger partial charge in [-0.05, 0) is 36.4 Å². The van der Waals surface area contributed by atoms with Crippen LogP contribution in [0.25, 0.3) is 54.9 Å². The Kier molecular flexibility index (Phi) is 4.86. The molecule has 5 aromatic carbocycles. The Morgan fingerprint density at radius 1 is 0.595 bits per heavy atom. The maximum Gasteiger partial charge on any atom is 0.159 e. The topological polar surface area (TPSA) is 75.9 Å². The van der Waals surface area contributed by atoms with Crippen LogP contribution in [-0.4, -0.2) is 16.7 Å². The highest BCUT2D eigenvalue weighted by molar-refractivity contribution is 6.15. The van der Waals surface area contributed by atoms with Crippen molar-refractivity contribution in [2.24, 2.45) is 9.98 Å². The van der Waals surface area contributed by atoms with E-state index in [-0.39, 0.29) is 0 Å². The van der Waals surface area contributed by atoms with Gasteiger partial charge in [-0.1, -0.05) is 84.9 Å². The molecule has 0 radical (unpaired) electrons. The molecule has 1 aliphatic rings. The number of hydrogen-bond donors (Lipinski definition) is 1. The molecule has 42 heavy (non-hydrogen) atoms. The van der Waals surface area contributed by atoms with Crippen molar-refractivity contribution in [3.05, 3.63) is 138 Å². The minimum absolute atomic E-state index is 0.420. The molecule has 1 N–H and O–H groups in total. The predicted molar refractivity (Wildman–Crippen MR) is 168 cm³/mol. The van der Waals surface area contributed by atoms with Crippen molar-refractivity contribution in [3.8, 4) is 0 Å². The third-order valence-corrected chi connectivity index (χ3v) is 7.93. The smallest absolute Gasteiger partial charge is 0.159 e. The Balaban J connectivity index is 1.25. The summed E-state index contributed by atoms with van der Waals surface area (Å²) in [5.41, 5.74) is 7.78. The lowest BCUT2D eigenvalue weighted by molar-refractivity contribution is 0.662. The zero-order valence-electron chi connectivity index (χ0n) is 22.3. The van der Waals surface area contributed by atoms with E-state index in [0.29, 0.717) is 5.84 Å². The predicted octanol–water partition coefficient (Wildman–Crippen LogP) is 8.53. The monoisotopic (exact) mass is 542 g/mol. The molecule has 0 amide bonds. The highest BCUT2D eigenvalue weighted by atomic mass is 16.3. The average Bonchev–Trinajstić information content (AvgIpc) is 3.61. The summed E-state index contributed by atoms with van der Waals surface area (Å²) in [4.78, 5) is 15.2. The second kappa shape index (κ2) is 8.88. The molecule has 9 rings (SSSR count). The van der Waals surface area contributed by atoms with E-state index in [2.05, 4.69) is 53.8 Å². The van der Waals surface area contributed by atoms with E-state index in [1.54, 1.807) is 0 Å². The van der Waals surface area contributed by atoms with Gasteiger partial charge in [0.25, 0.3) is 0 Å². The minimum Gasteiger partial charge on any atom is -0.456 e. The summed E-state index contributed by atoms with van der Waals surface area (Å²) in [5.74, 6) is 1.38. The molecule has 1 aliphatic heterocycles. The Morgan fingerprint density at radius 3 is 2.33 bits per heavy atom. The van der Waals surface area contributed by atoms with Crippen LogP contribution in [0.5, 0.6) is 0 Å². The van der Waals surface area contributed by atoms with Gasteiger partial charge < -0.3 is 14.2 Å². The Morgan fingerprint density at radius 2 is 1.38 bits per heavy atom. The summed E-state index contributed by atoms with van der Waals surface area (Å²) in [6.45, 7) is 0. The Bertz CT molecular complexity index is 2400. The minimum atomic E-state index is -0.420. The van der Waals surface area contributed by atoms with Crippen LogP contribution >= 0.6 is 0 Å². The SMILES string of the molecule is c1ccc(C2=NC(c3ccc4c(c3)oc3ccccc34)=NC(c3cccc4oc5cc6ccccc6nc5c34)N2)cc1. The van der Waals surface area contributed by atoms with Crippen LogP contribution in [-0.2, 0) is 0 Å². The zero-order valence-corrected chi connectivity index (χ0v) is 22.3. The fraction of sp³-hybridized carbons (Fsp3) is 0.0278. The van der Waals surface area contributed by atoms with Crippen molar-refractivity contribution in [1.29, 1.82) is 0 Å². The number of amidine groups is 2. The number of nitrogens with one attached hydrogen (secondary N) is 1. The van der Waals surface area contributed by atoms with E-state index in [0.717, 1.165) is 77.4 Å². The van der Waals surface area contributed by atoms with E-state index in [1.165, 1.54) is 0 Å². The number of para-hydroxylation sites is 2. The van der Waals surface area contributed by atoms with Crippen LogP contribution in [0, 0.1) is 0 Å². The molecule has 0 spiro atoms.